The van der Waals surface area contributed by atoms with E-state index < -0.39 is 0 Å². The fourth-order valence-corrected chi connectivity index (χ4v) is 3.12. The third-order valence-electron chi connectivity index (χ3n) is 4.09. The Morgan fingerprint density at radius 3 is 2.79 bits per heavy atom. The van der Waals surface area contributed by atoms with E-state index in [1.807, 2.05) is 12.7 Å². The van der Waals surface area contributed by atoms with Crippen molar-refractivity contribution in [2.45, 2.75) is 58.0 Å². The number of fused-ring (bicyclic) bond motifs is 1. The second kappa shape index (κ2) is 5.07. The Bertz CT molecular complexity index is 445. The minimum absolute atomic E-state index is 0.105. The van der Waals surface area contributed by atoms with Gasteiger partial charge in [0.15, 0.2) is 11.5 Å². The van der Waals surface area contributed by atoms with Crippen LogP contribution in [0.25, 0.3) is 0 Å². The zero-order valence-electron chi connectivity index (χ0n) is 11.9. The van der Waals surface area contributed by atoms with Crippen molar-refractivity contribution in [3.05, 3.63) is 30.4 Å². The van der Waals surface area contributed by atoms with Gasteiger partial charge in [-0.25, -0.2) is 0 Å². The summed E-state index contributed by atoms with van der Waals surface area (Å²) in [6.07, 6.45) is 7.54. The number of hydrogen-bond donors (Lipinski definition) is 0. The van der Waals surface area contributed by atoms with Crippen LogP contribution < -0.4 is 9.47 Å². The lowest BCUT2D eigenvalue weighted by Crippen LogP contribution is -2.24. The maximum Gasteiger partial charge on any atom is 0.165 e. The first-order valence-electron chi connectivity index (χ1n) is 7.45. The van der Waals surface area contributed by atoms with Crippen molar-refractivity contribution in [1.29, 1.82) is 0 Å². The van der Waals surface area contributed by atoms with E-state index in [9.17, 15) is 0 Å². The number of benzene rings is 1. The molecule has 19 heavy (non-hydrogen) atoms. The van der Waals surface area contributed by atoms with Gasteiger partial charge in [-0.05, 0) is 38.7 Å². The van der Waals surface area contributed by atoms with Gasteiger partial charge in [0, 0.05) is 12.0 Å². The van der Waals surface area contributed by atoms with Crippen LogP contribution in [0.1, 0.15) is 51.5 Å². The zero-order valence-corrected chi connectivity index (χ0v) is 11.9. The lowest BCUT2D eigenvalue weighted by molar-refractivity contribution is 0.133. The van der Waals surface area contributed by atoms with Crippen LogP contribution in [0.4, 0.5) is 0 Å². The summed E-state index contributed by atoms with van der Waals surface area (Å²) in [4.78, 5) is 0. The molecule has 1 aliphatic carbocycles. The average molecular weight is 259 g/mol. The monoisotopic (exact) mass is 259 g/mol. The molecule has 0 atom stereocenters. The summed E-state index contributed by atoms with van der Waals surface area (Å²) < 4.78 is 12.0. The molecule has 0 aromatic heterocycles. The Kier molecular flexibility index (Phi) is 3.42. The molecular formula is C17H23O2. The molecule has 2 nitrogen and oxygen atoms in total. The Hall–Kier alpha value is -1.18. The molecule has 1 aliphatic heterocycles. The molecule has 2 aliphatic rings. The summed E-state index contributed by atoms with van der Waals surface area (Å²) in [7, 11) is 0. The predicted octanol–water partition coefficient (Wildman–Crippen LogP) is 4.52. The number of ether oxygens (including phenoxy) is 2. The van der Waals surface area contributed by atoms with Crippen LogP contribution in [-0.4, -0.2) is 5.60 Å². The highest BCUT2D eigenvalue weighted by Crippen LogP contribution is 2.42. The number of hydrogen-bond acceptors (Lipinski definition) is 2. The summed E-state index contributed by atoms with van der Waals surface area (Å²) in [6, 6.07) is 6.21. The van der Waals surface area contributed by atoms with Crippen LogP contribution in [0, 0.1) is 12.5 Å². The second-order valence-electron chi connectivity index (χ2n) is 6.43. The highest BCUT2D eigenvalue weighted by molar-refractivity contribution is 5.50. The van der Waals surface area contributed by atoms with E-state index in [1.54, 1.807) is 0 Å². The Morgan fingerprint density at radius 1 is 1.21 bits per heavy atom. The van der Waals surface area contributed by atoms with E-state index in [0.717, 1.165) is 17.9 Å². The standard InChI is InChI=1S/C17H23O2/c1-17(2)11-14-9-6-10-15(16(14)19-17)18-12-13-7-4-3-5-8-13/h6,9-10,12-13H,3-5,7-8,11H2,1-2H3. The Morgan fingerprint density at radius 2 is 2.00 bits per heavy atom. The lowest BCUT2D eigenvalue weighted by Gasteiger charge is -2.22. The summed E-state index contributed by atoms with van der Waals surface area (Å²) in [5.74, 6) is 2.44. The fraction of sp³-hybridized carbons (Fsp3) is 0.588. The fourth-order valence-electron chi connectivity index (χ4n) is 3.12. The Labute approximate surface area is 116 Å². The van der Waals surface area contributed by atoms with Crippen molar-refractivity contribution in [2.75, 3.05) is 0 Å². The van der Waals surface area contributed by atoms with Crippen LogP contribution in [0.5, 0.6) is 11.5 Å². The molecule has 0 bridgehead atoms. The molecule has 0 saturated heterocycles. The molecule has 0 amide bonds. The average Bonchev–Trinajstić information content (AvgIpc) is 2.72. The maximum absolute atomic E-state index is 6.02. The summed E-state index contributed by atoms with van der Waals surface area (Å²) in [5.41, 5.74) is 1.16. The van der Waals surface area contributed by atoms with Crippen molar-refractivity contribution in [3.63, 3.8) is 0 Å². The van der Waals surface area contributed by atoms with Crippen molar-refractivity contribution in [3.8, 4) is 11.5 Å². The van der Waals surface area contributed by atoms with Crippen LogP contribution in [0.2, 0.25) is 0 Å². The summed E-state index contributed by atoms with van der Waals surface area (Å²) in [5, 5.41) is 0. The van der Waals surface area contributed by atoms with E-state index in [-0.39, 0.29) is 5.60 Å². The lowest BCUT2D eigenvalue weighted by atomic mass is 9.90. The van der Waals surface area contributed by atoms with Gasteiger partial charge < -0.3 is 9.47 Å². The Balaban J connectivity index is 1.67. The maximum atomic E-state index is 6.02. The van der Waals surface area contributed by atoms with Gasteiger partial charge in [0.05, 0.1) is 0 Å². The molecule has 1 aromatic carbocycles. The van der Waals surface area contributed by atoms with E-state index in [2.05, 4.69) is 26.0 Å². The van der Waals surface area contributed by atoms with Gasteiger partial charge in [-0.1, -0.05) is 31.4 Å². The topological polar surface area (TPSA) is 18.5 Å². The molecule has 103 valence electrons. The second-order valence-corrected chi connectivity index (χ2v) is 6.43. The minimum Gasteiger partial charge on any atom is -0.483 e. The first kappa shape index (κ1) is 12.8. The molecule has 1 aromatic rings. The van der Waals surface area contributed by atoms with E-state index in [4.69, 9.17) is 9.47 Å². The summed E-state index contributed by atoms with van der Waals surface area (Å²) >= 11 is 0. The molecule has 3 rings (SSSR count). The van der Waals surface area contributed by atoms with Gasteiger partial charge in [0.25, 0.3) is 0 Å². The minimum atomic E-state index is -0.105. The van der Waals surface area contributed by atoms with Gasteiger partial charge in [-0.15, -0.1) is 0 Å². The van der Waals surface area contributed by atoms with Crippen molar-refractivity contribution < 1.29 is 9.47 Å². The molecule has 1 fully saturated rings. The van der Waals surface area contributed by atoms with Crippen molar-refractivity contribution in [1.82, 2.24) is 0 Å². The van der Waals surface area contributed by atoms with Gasteiger partial charge in [0.1, 0.15) is 12.2 Å². The molecular weight excluding hydrogens is 236 g/mol. The third-order valence-corrected chi connectivity index (χ3v) is 4.09. The first-order valence-corrected chi connectivity index (χ1v) is 7.45. The molecule has 2 heteroatoms. The first-order chi connectivity index (χ1) is 9.14. The van der Waals surface area contributed by atoms with Gasteiger partial charge in [-0.3, -0.25) is 0 Å². The van der Waals surface area contributed by atoms with E-state index >= 15 is 0 Å². The molecule has 1 radical (unpaired) electrons. The summed E-state index contributed by atoms with van der Waals surface area (Å²) in [6.45, 7) is 6.28. The molecule has 1 saturated carbocycles. The molecule has 1 heterocycles. The van der Waals surface area contributed by atoms with Gasteiger partial charge in [0.2, 0.25) is 0 Å². The molecule has 0 N–H and O–H groups in total. The highest BCUT2D eigenvalue weighted by atomic mass is 16.5. The van der Waals surface area contributed by atoms with Crippen LogP contribution in [-0.2, 0) is 6.42 Å². The normalized spacial score (nSPS) is 21.8. The van der Waals surface area contributed by atoms with Crippen molar-refractivity contribution in [2.24, 2.45) is 5.92 Å². The van der Waals surface area contributed by atoms with Crippen LogP contribution >= 0.6 is 0 Å². The number of rotatable bonds is 3. The van der Waals surface area contributed by atoms with Crippen LogP contribution in [0.3, 0.4) is 0 Å². The van der Waals surface area contributed by atoms with Gasteiger partial charge in [-0.2, -0.15) is 0 Å². The highest BCUT2D eigenvalue weighted by Gasteiger charge is 2.32. The zero-order chi connectivity index (χ0) is 13.3. The van der Waals surface area contributed by atoms with E-state index in [1.165, 1.54) is 37.7 Å². The molecule has 0 unspecified atom stereocenters. The largest absolute Gasteiger partial charge is 0.483 e. The smallest absolute Gasteiger partial charge is 0.165 e. The quantitative estimate of drug-likeness (QED) is 0.794. The van der Waals surface area contributed by atoms with E-state index in [0.29, 0.717) is 5.92 Å². The SMILES string of the molecule is CC1(C)Cc2cccc(O[CH]C3CCCCC3)c2O1. The van der Waals surface area contributed by atoms with Gasteiger partial charge >= 0.3 is 0 Å². The predicted molar refractivity (Wildman–Crippen MR) is 76.4 cm³/mol. The van der Waals surface area contributed by atoms with Crippen LogP contribution in [0.15, 0.2) is 18.2 Å². The van der Waals surface area contributed by atoms with Crippen molar-refractivity contribution >= 4 is 0 Å². The number of para-hydroxylation sites is 1. The molecule has 0 spiro atoms. The third kappa shape index (κ3) is 2.88.